The number of nitrogens with one attached hydrogen (secondary N) is 2. The van der Waals surface area contributed by atoms with Gasteiger partial charge in [-0.3, -0.25) is 0 Å². The van der Waals surface area contributed by atoms with Crippen LogP contribution in [-0.4, -0.2) is 26.7 Å². The second-order valence-electron chi connectivity index (χ2n) is 3.46. The Labute approximate surface area is 69.8 Å². The van der Waals surface area contributed by atoms with Crippen LogP contribution in [0.5, 0.6) is 0 Å². The number of rotatable bonds is 6. The molecule has 0 saturated heterocycles. The molecule has 2 N–H and O–H groups in total. The van der Waals surface area contributed by atoms with Gasteiger partial charge in [0.05, 0.1) is 0 Å². The highest BCUT2D eigenvalue weighted by atomic mass is 14.9. The fraction of sp³-hybridized carbons (Fsp3) is 1.00. The molecular formula is C9H20N2. The van der Waals surface area contributed by atoms with Gasteiger partial charge in [-0.15, -0.1) is 0 Å². The normalized spacial score (nSPS) is 18.3. The Kier molecular flexibility index (Phi) is 4.55. The largest absolute Gasteiger partial charge is 0.320 e. The summed E-state index contributed by atoms with van der Waals surface area (Å²) < 4.78 is 0. The third-order valence-corrected chi connectivity index (χ3v) is 2.44. The molecule has 66 valence electrons. The van der Waals surface area contributed by atoms with Gasteiger partial charge in [0.1, 0.15) is 0 Å². The van der Waals surface area contributed by atoms with E-state index in [1.165, 1.54) is 38.8 Å². The number of hydrogen-bond acceptors (Lipinski definition) is 2. The first kappa shape index (κ1) is 9.01. The summed E-state index contributed by atoms with van der Waals surface area (Å²) in [6.45, 7) is 3.57. The summed E-state index contributed by atoms with van der Waals surface area (Å²) in [4.78, 5) is 0. The van der Waals surface area contributed by atoms with E-state index in [4.69, 9.17) is 0 Å². The van der Waals surface area contributed by atoms with E-state index < -0.39 is 0 Å². The predicted molar refractivity (Wildman–Crippen MR) is 48.8 cm³/mol. The van der Waals surface area contributed by atoms with Crippen LogP contribution in [0.3, 0.4) is 0 Å². The maximum atomic E-state index is 3.48. The number of hydrogen-bond donors (Lipinski definition) is 2. The van der Waals surface area contributed by atoms with E-state index in [-0.39, 0.29) is 0 Å². The molecule has 0 bridgehead atoms. The Morgan fingerprint density at radius 3 is 2.64 bits per heavy atom. The molecule has 2 heteroatoms. The van der Waals surface area contributed by atoms with Crippen LogP contribution in [0, 0.1) is 5.92 Å². The lowest BCUT2D eigenvalue weighted by atomic mass is 9.85. The maximum absolute atomic E-state index is 3.48. The SMILES string of the molecule is CNCCCNCC1CCC1. The Balaban J connectivity index is 1.73. The Morgan fingerprint density at radius 2 is 2.09 bits per heavy atom. The minimum absolute atomic E-state index is 1.00. The molecule has 0 aliphatic heterocycles. The van der Waals surface area contributed by atoms with E-state index in [2.05, 4.69) is 10.6 Å². The molecule has 0 radical (unpaired) electrons. The van der Waals surface area contributed by atoms with Gasteiger partial charge in [-0.05, 0) is 51.9 Å². The summed E-state index contributed by atoms with van der Waals surface area (Å²) in [6, 6.07) is 0. The second kappa shape index (κ2) is 5.56. The lowest BCUT2D eigenvalue weighted by Crippen LogP contribution is -2.29. The van der Waals surface area contributed by atoms with Gasteiger partial charge in [-0.2, -0.15) is 0 Å². The van der Waals surface area contributed by atoms with Crippen LogP contribution >= 0.6 is 0 Å². The Bertz CT molecular complexity index is 89.6. The molecule has 1 saturated carbocycles. The van der Waals surface area contributed by atoms with Gasteiger partial charge >= 0.3 is 0 Å². The van der Waals surface area contributed by atoms with Crippen molar-refractivity contribution in [3.63, 3.8) is 0 Å². The van der Waals surface area contributed by atoms with Crippen LogP contribution in [-0.2, 0) is 0 Å². The fourth-order valence-electron chi connectivity index (χ4n) is 1.39. The predicted octanol–water partition coefficient (Wildman–Crippen LogP) is 0.986. The molecule has 0 aromatic rings. The Hall–Kier alpha value is -0.0800. The molecule has 1 rings (SSSR count). The highest BCUT2D eigenvalue weighted by molar-refractivity contribution is 4.71. The van der Waals surface area contributed by atoms with Gasteiger partial charge < -0.3 is 10.6 Å². The molecule has 1 aliphatic carbocycles. The quantitative estimate of drug-likeness (QED) is 0.560. The van der Waals surface area contributed by atoms with Gasteiger partial charge in [0, 0.05) is 0 Å². The van der Waals surface area contributed by atoms with Crippen molar-refractivity contribution in [3.05, 3.63) is 0 Å². The third kappa shape index (κ3) is 3.73. The average molecular weight is 156 g/mol. The first-order valence-electron chi connectivity index (χ1n) is 4.79. The molecule has 0 spiro atoms. The zero-order chi connectivity index (χ0) is 7.94. The molecule has 0 aromatic carbocycles. The van der Waals surface area contributed by atoms with Gasteiger partial charge in [0.2, 0.25) is 0 Å². The van der Waals surface area contributed by atoms with Crippen molar-refractivity contribution in [2.45, 2.75) is 25.7 Å². The zero-order valence-electron chi connectivity index (χ0n) is 7.53. The lowest BCUT2D eigenvalue weighted by Gasteiger charge is -2.25. The molecule has 2 nitrogen and oxygen atoms in total. The van der Waals surface area contributed by atoms with Crippen LogP contribution in [0.15, 0.2) is 0 Å². The van der Waals surface area contributed by atoms with Crippen LogP contribution in [0.2, 0.25) is 0 Å². The van der Waals surface area contributed by atoms with Gasteiger partial charge in [0.15, 0.2) is 0 Å². The molecule has 0 atom stereocenters. The summed E-state index contributed by atoms with van der Waals surface area (Å²) in [7, 11) is 2.01. The van der Waals surface area contributed by atoms with Crippen molar-refractivity contribution >= 4 is 0 Å². The van der Waals surface area contributed by atoms with E-state index in [0.717, 1.165) is 12.5 Å². The summed E-state index contributed by atoms with van der Waals surface area (Å²) in [5.41, 5.74) is 0. The van der Waals surface area contributed by atoms with Crippen LogP contribution in [0.25, 0.3) is 0 Å². The van der Waals surface area contributed by atoms with E-state index in [0.29, 0.717) is 0 Å². The average Bonchev–Trinajstić information content (AvgIpc) is 1.93. The molecule has 11 heavy (non-hydrogen) atoms. The fourth-order valence-corrected chi connectivity index (χ4v) is 1.39. The molecule has 0 amide bonds. The molecule has 0 unspecified atom stereocenters. The summed E-state index contributed by atoms with van der Waals surface area (Å²) in [5.74, 6) is 1.00. The van der Waals surface area contributed by atoms with Gasteiger partial charge in [0.25, 0.3) is 0 Å². The Morgan fingerprint density at radius 1 is 1.27 bits per heavy atom. The molecule has 0 aromatic heterocycles. The third-order valence-electron chi connectivity index (χ3n) is 2.44. The van der Waals surface area contributed by atoms with Crippen molar-refractivity contribution in [2.75, 3.05) is 26.7 Å². The van der Waals surface area contributed by atoms with E-state index in [1.807, 2.05) is 7.05 Å². The van der Waals surface area contributed by atoms with Crippen LogP contribution < -0.4 is 10.6 Å². The van der Waals surface area contributed by atoms with Gasteiger partial charge in [-0.25, -0.2) is 0 Å². The minimum atomic E-state index is 1.00. The van der Waals surface area contributed by atoms with Crippen molar-refractivity contribution in [1.82, 2.24) is 10.6 Å². The summed E-state index contributed by atoms with van der Waals surface area (Å²) in [5, 5.41) is 6.63. The smallest absolute Gasteiger partial charge is 0.00205 e. The highest BCUT2D eigenvalue weighted by Gasteiger charge is 2.15. The summed E-state index contributed by atoms with van der Waals surface area (Å²) >= 11 is 0. The maximum Gasteiger partial charge on any atom is -0.00205 e. The van der Waals surface area contributed by atoms with Gasteiger partial charge in [-0.1, -0.05) is 6.42 Å². The molecular weight excluding hydrogens is 136 g/mol. The van der Waals surface area contributed by atoms with Crippen molar-refractivity contribution in [2.24, 2.45) is 5.92 Å². The van der Waals surface area contributed by atoms with E-state index >= 15 is 0 Å². The topological polar surface area (TPSA) is 24.1 Å². The minimum Gasteiger partial charge on any atom is -0.320 e. The highest BCUT2D eigenvalue weighted by Crippen LogP contribution is 2.24. The summed E-state index contributed by atoms with van der Waals surface area (Å²) in [6.07, 6.45) is 5.63. The lowest BCUT2D eigenvalue weighted by molar-refractivity contribution is 0.301. The van der Waals surface area contributed by atoms with Crippen LogP contribution in [0.4, 0.5) is 0 Å². The van der Waals surface area contributed by atoms with Crippen molar-refractivity contribution < 1.29 is 0 Å². The molecule has 0 heterocycles. The van der Waals surface area contributed by atoms with Crippen molar-refractivity contribution in [3.8, 4) is 0 Å². The first-order chi connectivity index (χ1) is 5.43. The monoisotopic (exact) mass is 156 g/mol. The van der Waals surface area contributed by atoms with Crippen LogP contribution in [0.1, 0.15) is 25.7 Å². The zero-order valence-corrected chi connectivity index (χ0v) is 7.53. The molecule has 1 aliphatic rings. The van der Waals surface area contributed by atoms with E-state index in [9.17, 15) is 0 Å². The standard InChI is InChI=1S/C9H20N2/c1-10-6-3-7-11-8-9-4-2-5-9/h9-11H,2-8H2,1H3. The first-order valence-corrected chi connectivity index (χ1v) is 4.79. The van der Waals surface area contributed by atoms with E-state index in [1.54, 1.807) is 0 Å². The second-order valence-corrected chi connectivity index (χ2v) is 3.46. The molecule has 1 fully saturated rings. The van der Waals surface area contributed by atoms with Crippen molar-refractivity contribution in [1.29, 1.82) is 0 Å².